The van der Waals surface area contributed by atoms with E-state index >= 15 is 0 Å². The van der Waals surface area contributed by atoms with Crippen LogP contribution in [0.5, 0.6) is 5.75 Å². The molecule has 0 amide bonds. The van der Waals surface area contributed by atoms with Crippen LogP contribution in [-0.4, -0.2) is 19.9 Å². The maximum atomic E-state index is 13.4. The lowest BCUT2D eigenvalue weighted by Crippen LogP contribution is -1.95. The summed E-state index contributed by atoms with van der Waals surface area (Å²) in [4.78, 5) is 4.74. The maximum Gasteiger partial charge on any atom is 0.126 e. The van der Waals surface area contributed by atoms with Crippen molar-refractivity contribution in [3.8, 4) is 16.9 Å². The van der Waals surface area contributed by atoms with E-state index in [2.05, 4.69) is 5.16 Å². The molecule has 20 heavy (non-hydrogen) atoms. The first-order chi connectivity index (χ1) is 9.65. The second-order valence-electron chi connectivity index (χ2n) is 4.28. The zero-order valence-electron chi connectivity index (χ0n) is 11.7. The lowest BCUT2D eigenvalue weighted by atomic mass is 10.0. The van der Waals surface area contributed by atoms with Crippen LogP contribution in [-0.2, 0) is 4.84 Å². The Hall–Kier alpha value is -2.36. The molecule has 0 bridgehead atoms. The van der Waals surface area contributed by atoms with Gasteiger partial charge in [0.05, 0.1) is 12.8 Å². The molecule has 2 aromatic rings. The zero-order valence-corrected chi connectivity index (χ0v) is 11.7. The Morgan fingerprint density at radius 2 is 1.75 bits per heavy atom. The van der Waals surface area contributed by atoms with Gasteiger partial charge in [-0.15, -0.1) is 0 Å². The Labute approximate surface area is 117 Å². The number of methoxy groups -OCH3 is 1. The number of benzene rings is 2. The van der Waals surface area contributed by atoms with E-state index in [1.54, 1.807) is 13.2 Å². The van der Waals surface area contributed by atoms with Gasteiger partial charge in [-0.3, -0.25) is 0 Å². The smallest absolute Gasteiger partial charge is 0.126 e. The Morgan fingerprint density at radius 1 is 1.05 bits per heavy atom. The van der Waals surface area contributed by atoms with Crippen LogP contribution < -0.4 is 4.74 Å². The number of oxime groups is 1. The van der Waals surface area contributed by atoms with Crippen molar-refractivity contribution < 1.29 is 14.0 Å². The predicted molar refractivity (Wildman–Crippen MR) is 77.6 cm³/mol. The van der Waals surface area contributed by atoms with E-state index in [-0.39, 0.29) is 5.82 Å². The molecule has 0 aliphatic rings. The van der Waals surface area contributed by atoms with E-state index in [4.69, 9.17) is 9.57 Å². The van der Waals surface area contributed by atoms with Gasteiger partial charge < -0.3 is 9.57 Å². The van der Waals surface area contributed by atoms with Gasteiger partial charge in [-0.2, -0.15) is 0 Å². The Kier molecular flexibility index (Phi) is 4.35. The van der Waals surface area contributed by atoms with Gasteiger partial charge in [-0.05, 0) is 36.2 Å². The van der Waals surface area contributed by atoms with Crippen molar-refractivity contribution in [1.82, 2.24) is 0 Å². The van der Waals surface area contributed by atoms with Gasteiger partial charge in [0.25, 0.3) is 0 Å². The third-order valence-corrected chi connectivity index (χ3v) is 3.00. The van der Waals surface area contributed by atoms with Crippen LogP contribution in [0.1, 0.15) is 12.5 Å². The fraction of sp³-hybridized carbons (Fsp3) is 0.188. The Balaban J connectivity index is 2.40. The standard InChI is InChI=1S/C16H16FNO2/c1-11(18-20-3)12-4-6-13(7-5-12)15-10-14(17)8-9-16(15)19-2/h4-10H,1-3H3. The molecule has 104 valence electrons. The van der Waals surface area contributed by atoms with Gasteiger partial charge in [0.2, 0.25) is 0 Å². The van der Waals surface area contributed by atoms with Crippen LogP contribution >= 0.6 is 0 Å². The first-order valence-electron chi connectivity index (χ1n) is 6.18. The van der Waals surface area contributed by atoms with Gasteiger partial charge in [-0.1, -0.05) is 29.4 Å². The maximum absolute atomic E-state index is 13.4. The molecular formula is C16H16FNO2. The van der Waals surface area contributed by atoms with Crippen LogP contribution in [0.15, 0.2) is 47.6 Å². The molecule has 0 atom stereocenters. The van der Waals surface area contributed by atoms with Crippen LogP contribution in [0.4, 0.5) is 4.39 Å². The molecule has 0 unspecified atom stereocenters. The van der Waals surface area contributed by atoms with E-state index in [0.717, 1.165) is 22.4 Å². The normalized spacial score (nSPS) is 11.3. The van der Waals surface area contributed by atoms with Crippen molar-refractivity contribution in [2.75, 3.05) is 14.2 Å². The predicted octanol–water partition coefficient (Wildman–Crippen LogP) is 3.87. The molecule has 0 N–H and O–H groups in total. The topological polar surface area (TPSA) is 30.8 Å². The minimum Gasteiger partial charge on any atom is -0.496 e. The molecule has 0 radical (unpaired) electrons. The van der Waals surface area contributed by atoms with Crippen LogP contribution in [0.3, 0.4) is 0 Å². The molecule has 0 aliphatic carbocycles. The molecule has 0 saturated carbocycles. The second kappa shape index (κ2) is 6.19. The quantitative estimate of drug-likeness (QED) is 0.625. The fourth-order valence-corrected chi connectivity index (χ4v) is 1.99. The number of halogens is 1. The van der Waals surface area contributed by atoms with Gasteiger partial charge in [0, 0.05) is 5.56 Å². The molecule has 4 heteroatoms. The first-order valence-corrected chi connectivity index (χ1v) is 6.18. The highest BCUT2D eigenvalue weighted by Crippen LogP contribution is 2.30. The van der Waals surface area contributed by atoms with Crippen LogP contribution in [0.2, 0.25) is 0 Å². The molecule has 2 rings (SSSR count). The van der Waals surface area contributed by atoms with Gasteiger partial charge in [0.15, 0.2) is 0 Å². The minimum atomic E-state index is -0.290. The summed E-state index contributed by atoms with van der Waals surface area (Å²) < 4.78 is 18.6. The molecule has 0 aliphatic heterocycles. The van der Waals surface area contributed by atoms with Gasteiger partial charge in [0.1, 0.15) is 18.7 Å². The average Bonchev–Trinajstić information content (AvgIpc) is 2.47. The summed E-state index contributed by atoms with van der Waals surface area (Å²) in [5.41, 5.74) is 3.34. The highest BCUT2D eigenvalue weighted by Gasteiger charge is 2.08. The minimum absolute atomic E-state index is 0.290. The van der Waals surface area contributed by atoms with Crippen molar-refractivity contribution in [2.24, 2.45) is 5.16 Å². The summed E-state index contributed by atoms with van der Waals surface area (Å²) in [5, 5.41) is 3.88. The molecule has 3 nitrogen and oxygen atoms in total. The Bertz CT molecular complexity index is 621. The summed E-state index contributed by atoms with van der Waals surface area (Å²) >= 11 is 0. The molecule has 0 saturated heterocycles. The van der Waals surface area contributed by atoms with Crippen LogP contribution in [0.25, 0.3) is 11.1 Å². The first kappa shape index (κ1) is 14.1. The van der Waals surface area contributed by atoms with Crippen molar-refractivity contribution >= 4 is 5.71 Å². The number of hydrogen-bond donors (Lipinski definition) is 0. The van der Waals surface area contributed by atoms with E-state index in [9.17, 15) is 4.39 Å². The lowest BCUT2D eigenvalue weighted by molar-refractivity contribution is 0.213. The summed E-state index contributed by atoms with van der Waals surface area (Å²) in [7, 11) is 3.08. The highest BCUT2D eigenvalue weighted by atomic mass is 19.1. The molecule has 0 fully saturated rings. The van der Waals surface area contributed by atoms with Crippen molar-refractivity contribution in [1.29, 1.82) is 0 Å². The van der Waals surface area contributed by atoms with Crippen LogP contribution in [0, 0.1) is 5.82 Å². The summed E-state index contributed by atoms with van der Waals surface area (Å²) in [6, 6.07) is 12.1. The fourth-order valence-electron chi connectivity index (χ4n) is 1.99. The lowest BCUT2D eigenvalue weighted by Gasteiger charge is -2.09. The zero-order chi connectivity index (χ0) is 14.5. The highest BCUT2D eigenvalue weighted by molar-refractivity contribution is 5.98. The number of ether oxygens (including phenoxy) is 1. The third kappa shape index (κ3) is 2.96. The second-order valence-corrected chi connectivity index (χ2v) is 4.28. The summed E-state index contributed by atoms with van der Waals surface area (Å²) in [6.07, 6.45) is 0. The molecule has 0 heterocycles. The third-order valence-electron chi connectivity index (χ3n) is 3.00. The molecular weight excluding hydrogens is 257 g/mol. The number of nitrogens with zero attached hydrogens (tertiary/aromatic N) is 1. The van der Waals surface area contributed by atoms with Crippen molar-refractivity contribution in [3.05, 3.63) is 53.8 Å². The summed E-state index contributed by atoms with van der Waals surface area (Å²) in [5.74, 6) is 0.350. The van der Waals surface area contributed by atoms with E-state index in [1.165, 1.54) is 19.2 Å². The summed E-state index contributed by atoms with van der Waals surface area (Å²) in [6.45, 7) is 1.86. The van der Waals surface area contributed by atoms with E-state index < -0.39 is 0 Å². The monoisotopic (exact) mass is 273 g/mol. The van der Waals surface area contributed by atoms with Gasteiger partial charge >= 0.3 is 0 Å². The van der Waals surface area contributed by atoms with Crippen molar-refractivity contribution in [3.63, 3.8) is 0 Å². The number of hydrogen-bond acceptors (Lipinski definition) is 3. The van der Waals surface area contributed by atoms with Gasteiger partial charge in [-0.25, -0.2) is 4.39 Å². The molecule has 0 aromatic heterocycles. The van der Waals surface area contributed by atoms with E-state index in [0.29, 0.717) is 5.75 Å². The largest absolute Gasteiger partial charge is 0.496 e. The van der Waals surface area contributed by atoms with Crippen molar-refractivity contribution in [2.45, 2.75) is 6.92 Å². The van der Waals surface area contributed by atoms with E-state index in [1.807, 2.05) is 31.2 Å². The molecule has 0 spiro atoms. The number of rotatable bonds is 4. The average molecular weight is 273 g/mol. The Morgan fingerprint density at radius 3 is 2.35 bits per heavy atom. The molecule has 2 aromatic carbocycles. The SMILES string of the molecule is CON=C(C)c1ccc(-c2cc(F)ccc2OC)cc1.